The molecule has 0 heterocycles. The molecule has 78 valence electrons. The zero-order valence-electron chi connectivity index (χ0n) is 7.93. The van der Waals surface area contributed by atoms with Crippen LogP contribution in [0.1, 0.15) is 0 Å². The Morgan fingerprint density at radius 1 is 1.33 bits per heavy atom. The Morgan fingerprint density at radius 2 is 1.93 bits per heavy atom. The molecule has 3 nitrogen and oxygen atoms in total. The minimum Gasteiger partial charge on any atom is -0.497 e. The topological polar surface area (TPSA) is 43.4 Å². The van der Waals surface area contributed by atoms with Gasteiger partial charge in [-0.15, -0.1) is 0 Å². The number of hydrogen-bond donors (Lipinski definition) is 0. The van der Waals surface area contributed by atoms with E-state index in [-0.39, 0.29) is 4.90 Å². The van der Waals surface area contributed by atoms with Crippen molar-refractivity contribution < 1.29 is 13.2 Å². The molecule has 0 unspecified atom stereocenters. The summed E-state index contributed by atoms with van der Waals surface area (Å²) in [5.74, 6) is 0.600. The van der Waals surface area contributed by atoms with Crippen LogP contribution in [0, 0.1) is 0 Å². The second-order valence-corrected chi connectivity index (χ2v) is 4.59. The van der Waals surface area contributed by atoms with Gasteiger partial charge >= 0.3 is 0 Å². The quantitative estimate of drug-likeness (QED) is 0.596. The van der Waals surface area contributed by atoms with Gasteiger partial charge in [0, 0.05) is 5.02 Å². The first-order valence-corrected chi connectivity index (χ1v) is 5.90. The molecule has 1 aromatic carbocycles. The first-order chi connectivity index (χ1) is 7.10. The Bertz CT molecular complexity index is 516. The fourth-order valence-electron chi connectivity index (χ4n) is 0.935. The number of methoxy groups -OCH3 is 1. The second kappa shape index (κ2) is 4.91. The van der Waals surface area contributed by atoms with Crippen LogP contribution in [0.4, 0.5) is 0 Å². The second-order valence-electron chi connectivity index (χ2n) is 2.58. The molecule has 0 saturated carbocycles. The molecule has 5 heteroatoms. The van der Waals surface area contributed by atoms with Crippen molar-refractivity contribution in [2.24, 2.45) is 0 Å². The smallest absolute Gasteiger partial charge is 0.207 e. The largest absolute Gasteiger partial charge is 0.497 e. The lowest BCUT2D eigenvalue weighted by molar-refractivity contribution is 0.414. The molecule has 0 atom stereocenters. The molecule has 0 aromatic heterocycles. The van der Waals surface area contributed by atoms with Crippen LogP contribution < -0.4 is 4.74 Å². The summed E-state index contributed by atoms with van der Waals surface area (Å²) in [6.45, 7) is 0. The third kappa shape index (κ3) is 3.05. The summed E-state index contributed by atoms with van der Waals surface area (Å²) in [7, 11) is -1.96. The maximum atomic E-state index is 11.5. The van der Waals surface area contributed by atoms with Crippen molar-refractivity contribution in [3.8, 4) is 5.75 Å². The van der Waals surface area contributed by atoms with Gasteiger partial charge in [0.05, 0.1) is 17.4 Å². The van der Waals surface area contributed by atoms with Gasteiger partial charge in [-0.1, -0.05) is 0 Å². The number of rotatable bonds is 3. The van der Waals surface area contributed by atoms with Crippen molar-refractivity contribution in [2.45, 2.75) is 4.90 Å². The van der Waals surface area contributed by atoms with Gasteiger partial charge < -0.3 is 4.74 Å². The van der Waals surface area contributed by atoms with Gasteiger partial charge in [-0.2, -0.15) is 0 Å². The van der Waals surface area contributed by atoms with E-state index in [2.05, 4.69) is 23.0 Å². The van der Waals surface area contributed by atoms with Crippen LogP contribution in [-0.2, 0) is 9.84 Å². The van der Waals surface area contributed by atoms with Gasteiger partial charge in [0.1, 0.15) is 5.75 Å². The van der Waals surface area contributed by atoms with Crippen LogP contribution in [-0.4, -0.2) is 20.6 Å². The minimum absolute atomic E-state index is 0.168. The van der Waals surface area contributed by atoms with E-state index in [1.54, 1.807) is 12.1 Å². The molecule has 0 spiro atoms. The van der Waals surface area contributed by atoms with Crippen LogP contribution in [0.15, 0.2) is 40.3 Å². The van der Waals surface area contributed by atoms with E-state index in [9.17, 15) is 8.42 Å². The summed E-state index contributed by atoms with van der Waals surface area (Å²) in [6, 6.07) is 6.05. The first-order valence-electron chi connectivity index (χ1n) is 3.95. The average molecular weight is 240 g/mol. The third-order valence-electron chi connectivity index (χ3n) is 1.66. The molecule has 0 aliphatic heterocycles. The van der Waals surface area contributed by atoms with E-state index in [4.69, 9.17) is 4.74 Å². The van der Waals surface area contributed by atoms with Gasteiger partial charge in [-0.25, -0.2) is 8.42 Å². The minimum atomic E-state index is -3.47. The Morgan fingerprint density at radius 3 is 2.40 bits per heavy atom. The van der Waals surface area contributed by atoms with E-state index in [0.29, 0.717) is 5.75 Å². The highest BCUT2D eigenvalue weighted by Gasteiger charge is 2.09. The summed E-state index contributed by atoms with van der Waals surface area (Å²) >= 11 is 4.33. The van der Waals surface area contributed by atoms with Crippen LogP contribution in [0.5, 0.6) is 5.75 Å². The van der Waals surface area contributed by atoms with Crippen molar-refractivity contribution >= 4 is 27.1 Å². The molecule has 1 rings (SSSR count). The highest BCUT2D eigenvalue weighted by Crippen LogP contribution is 2.16. The van der Waals surface area contributed by atoms with Gasteiger partial charge in [-0.3, -0.25) is 0 Å². The van der Waals surface area contributed by atoms with Crippen LogP contribution >= 0.6 is 12.2 Å². The SMILES string of the molecule is COc1ccc(S(=O)(=O)C=C=C=S)cc1. The van der Waals surface area contributed by atoms with Crippen molar-refractivity contribution in [1.29, 1.82) is 0 Å². The van der Waals surface area contributed by atoms with E-state index in [0.717, 1.165) is 5.41 Å². The van der Waals surface area contributed by atoms with Crippen molar-refractivity contribution in [3.63, 3.8) is 0 Å². The fraction of sp³-hybridized carbons (Fsp3) is 0.100. The summed E-state index contributed by atoms with van der Waals surface area (Å²) in [5, 5.41) is 2.98. The maximum Gasteiger partial charge on any atom is 0.207 e. The summed E-state index contributed by atoms with van der Waals surface area (Å²) < 4.78 is 28.0. The number of ether oxygens (including phenoxy) is 1. The van der Waals surface area contributed by atoms with E-state index in [1.807, 2.05) is 0 Å². The molecule has 1 aromatic rings. The molecular weight excluding hydrogens is 232 g/mol. The van der Waals surface area contributed by atoms with Crippen LogP contribution in [0.2, 0.25) is 0 Å². The first kappa shape index (κ1) is 11.7. The monoisotopic (exact) mass is 240 g/mol. The van der Waals surface area contributed by atoms with E-state index < -0.39 is 9.84 Å². The van der Waals surface area contributed by atoms with Crippen molar-refractivity contribution in [3.05, 3.63) is 35.4 Å². The predicted molar refractivity (Wildman–Crippen MR) is 60.9 cm³/mol. The summed E-state index contributed by atoms with van der Waals surface area (Å²) in [4.78, 5) is 0.168. The molecule has 0 aliphatic rings. The standard InChI is InChI=1S/C10H8O3S2/c1-13-9-3-5-10(6-4-9)15(11,12)8-2-7-14/h3-6,8H,1H3. The highest BCUT2D eigenvalue weighted by molar-refractivity contribution is 7.94. The van der Waals surface area contributed by atoms with Gasteiger partial charge in [0.25, 0.3) is 0 Å². The molecule has 15 heavy (non-hydrogen) atoms. The lowest BCUT2D eigenvalue weighted by Crippen LogP contribution is -1.95. The third-order valence-corrected chi connectivity index (χ3v) is 3.14. The molecule has 0 aliphatic carbocycles. The molecule has 0 fully saturated rings. The Labute approximate surface area is 93.6 Å². The number of thiocarbonyl (C=S) groups is 1. The van der Waals surface area contributed by atoms with E-state index >= 15 is 0 Å². The zero-order chi connectivity index (χ0) is 11.3. The van der Waals surface area contributed by atoms with Crippen molar-refractivity contribution in [1.82, 2.24) is 0 Å². The summed E-state index contributed by atoms with van der Waals surface area (Å²) in [5.41, 5.74) is 2.24. The molecule has 0 amide bonds. The van der Waals surface area contributed by atoms with Gasteiger partial charge in [0.15, 0.2) is 0 Å². The number of sulfone groups is 1. The zero-order valence-corrected chi connectivity index (χ0v) is 9.56. The van der Waals surface area contributed by atoms with Gasteiger partial charge in [0.2, 0.25) is 9.84 Å². The molecule has 0 N–H and O–H groups in total. The van der Waals surface area contributed by atoms with Crippen LogP contribution in [0.3, 0.4) is 0 Å². The molecule has 0 saturated heterocycles. The maximum absolute atomic E-state index is 11.5. The Hall–Kier alpha value is -1.38. The highest BCUT2D eigenvalue weighted by atomic mass is 32.2. The number of benzene rings is 1. The van der Waals surface area contributed by atoms with Gasteiger partial charge in [-0.05, 0) is 42.2 Å². The number of hydrogen-bond acceptors (Lipinski definition) is 4. The Balaban J connectivity index is 3.17. The fourth-order valence-corrected chi connectivity index (χ4v) is 1.93. The predicted octanol–water partition coefficient (Wildman–Crippen LogP) is 1.74. The van der Waals surface area contributed by atoms with Crippen molar-refractivity contribution in [2.75, 3.05) is 7.11 Å². The molecule has 0 bridgehead atoms. The molecule has 0 radical (unpaired) electrons. The van der Waals surface area contributed by atoms with E-state index in [1.165, 1.54) is 19.2 Å². The van der Waals surface area contributed by atoms with Crippen LogP contribution in [0.25, 0.3) is 0 Å². The normalized spacial score (nSPS) is 9.93. The lowest BCUT2D eigenvalue weighted by Gasteiger charge is -2.00. The lowest BCUT2D eigenvalue weighted by atomic mass is 10.3. The molecular formula is C10H8O3S2. The average Bonchev–Trinajstić information content (AvgIpc) is 2.26. The Kier molecular flexibility index (Phi) is 3.83. The summed E-state index contributed by atoms with van der Waals surface area (Å²) in [6.07, 6.45) is 0.